The zero-order chi connectivity index (χ0) is 16.2. The van der Waals surface area contributed by atoms with Crippen LogP contribution in [0.2, 0.25) is 0 Å². The second-order valence-corrected chi connectivity index (χ2v) is 5.90. The smallest absolute Gasteiger partial charge is 0.274 e. The summed E-state index contributed by atoms with van der Waals surface area (Å²) in [6.45, 7) is 4.02. The quantitative estimate of drug-likeness (QED) is 0.946. The molecule has 2 aromatic rings. The fraction of sp³-hybridized carbons (Fsp3) is 0.353. The van der Waals surface area contributed by atoms with Gasteiger partial charge in [-0.1, -0.05) is 6.92 Å². The monoisotopic (exact) mass is 314 g/mol. The number of nitrogens with one attached hydrogen (secondary N) is 1. The van der Waals surface area contributed by atoms with Gasteiger partial charge in [0.15, 0.2) is 0 Å². The summed E-state index contributed by atoms with van der Waals surface area (Å²) in [7, 11) is 0. The Balaban J connectivity index is 1.73. The Morgan fingerprint density at radius 2 is 2.09 bits per heavy atom. The van der Waals surface area contributed by atoms with Crippen molar-refractivity contribution in [1.82, 2.24) is 9.97 Å². The van der Waals surface area contributed by atoms with Crippen LogP contribution in [0.25, 0.3) is 0 Å². The molecule has 120 valence electrons. The fourth-order valence-corrected chi connectivity index (χ4v) is 2.73. The molecule has 3 rings (SSSR count). The van der Waals surface area contributed by atoms with E-state index < -0.39 is 0 Å². The molecule has 0 spiro atoms. The average molecular weight is 314 g/mol. The molecule has 0 aliphatic carbocycles. The average Bonchev–Trinajstić information content (AvgIpc) is 2.57. The molecule has 0 bridgehead atoms. The van der Waals surface area contributed by atoms with Gasteiger partial charge in [-0.25, -0.2) is 14.4 Å². The van der Waals surface area contributed by atoms with Crippen LogP contribution in [-0.4, -0.2) is 29.0 Å². The van der Waals surface area contributed by atoms with Crippen molar-refractivity contribution in [2.24, 2.45) is 5.92 Å². The molecule has 0 radical (unpaired) electrons. The molecule has 1 aromatic heterocycles. The van der Waals surface area contributed by atoms with Gasteiger partial charge in [-0.15, -0.1) is 0 Å². The highest BCUT2D eigenvalue weighted by molar-refractivity contribution is 6.02. The molecule has 1 fully saturated rings. The largest absolute Gasteiger partial charge is 0.341 e. The predicted octanol–water partition coefficient (Wildman–Crippen LogP) is 3.10. The van der Waals surface area contributed by atoms with E-state index in [1.807, 2.05) is 0 Å². The number of anilines is 2. The lowest BCUT2D eigenvalue weighted by Crippen LogP contribution is -2.35. The molecule has 1 amide bonds. The molecular weight excluding hydrogens is 295 g/mol. The summed E-state index contributed by atoms with van der Waals surface area (Å²) in [6, 6.07) is 7.21. The molecule has 6 heteroatoms. The van der Waals surface area contributed by atoms with Gasteiger partial charge in [0, 0.05) is 25.0 Å². The van der Waals surface area contributed by atoms with Gasteiger partial charge in [0.05, 0.1) is 0 Å². The Hall–Kier alpha value is -2.50. The first-order valence-electron chi connectivity index (χ1n) is 7.77. The number of rotatable bonds is 3. The minimum Gasteiger partial charge on any atom is -0.341 e. The van der Waals surface area contributed by atoms with Crippen molar-refractivity contribution in [2.45, 2.75) is 19.8 Å². The highest BCUT2D eigenvalue weighted by Crippen LogP contribution is 2.20. The third kappa shape index (κ3) is 3.83. The summed E-state index contributed by atoms with van der Waals surface area (Å²) in [6.07, 6.45) is 3.92. The third-order valence-corrected chi connectivity index (χ3v) is 3.92. The molecule has 2 heterocycles. The number of carbonyl (C=O) groups excluding carboxylic acids is 1. The van der Waals surface area contributed by atoms with E-state index >= 15 is 0 Å². The highest BCUT2D eigenvalue weighted by Gasteiger charge is 2.19. The number of halogens is 1. The summed E-state index contributed by atoms with van der Waals surface area (Å²) >= 11 is 0. The van der Waals surface area contributed by atoms with Gasteiger partial charge in [-0.2, -0.15) is 0 Å². The van der Waals surface area contributed by atoms with Crippen molar-refractivity contribution < 1.29 is 9.18 Å². The van der Waals surface area contributed by atoms with Gasteiger partial charge in [0.2, 0.25) is 5.95 Å². The molecule has 0 saturated carbocycles. The maximum atomic E-state index is 12.9. The number of hydrogen-bond acceptors (Lipinski definition) is 4. The minimum atomic E-state index is -0.341. The van der Waals surface area contributed by atoms with Crippen molar-refractivity contribution in [3.8, 4) is 0 Å². The van der Waals surface area contributed by atoms with E-state index in [2.05, 4.69) is 27.1 Å². The molecule has 5 nitrogen and oxygen atoms in total. The first-order chi connectivity index (χ1) is 11.1. The third-order valence-electron chi connectivity index (χ3n) is 3.92. The zero-order valence-electron chi connectivity index (χ0n) is 13.0. The first kappa shape index (κ1) is 15.4. The van der Waals surface area contributed by atoms with E-state index in [4.69, 9.17) is 0 Å². The Morgan fingerprint density at radius 1 is 1.30 bits per heavy atom. The van der Waals surface area contributed by atoms with Crippen molar-refractivity contribution in [3.05, 3.63) is 48.0 Å². The summed E-state index contributed by atoms with van der Waals surface area (Å²) in [5.74, 6) is 0.518. The molecule has 1 atom stereocenters. The van der Waals surface area contributed by atoms with Gasteiger partial charge in [-0.3, -0.25) is 4.79 Å². The molecule has 1 aliphatic heterocycles. The maximum Gasteiger partial charge on any atom is 0.274 e. The van der Waals surface area contributed by atoms with Crippen LogP contribution in [0.15, 0.2) is 36.5 Å². The Morgan fingerprint density at radius 3 is 2.83 bits per heavy atom. The predicted molar refractivity (Wildman–Crippen MR) is 87.0 cm³/mol. The Labute approximate surface area is 134 Å². The lowest BCUT2D eigenvalue weighted by Gasteiger charge is -2.30. The van der Waals surface area contributed by atoms with E-state index in [-0.39, 0.29) is 11.7 Å². The molecule has 1 aliphatic rings. The number of amides is 1. The van der Waals surface area contributed by atoms with Gasteiger partial charge in [0.25, 0.3) is 5.91 Å². The number of aromatic nitrogens is 2. The summed E-state index contributed by atoms with van der Waals surface area (Å²) < 4.78 is 12.9. The summed E-state index contributed by atoms with van der Waals surface area (Å²) in [5, 5.41) is 2.71. The van der Waals surface area contributed by atoms with Gasteiger partial charge in [0.1, 0.15) is 11.5 Å². The van der Waals surface area contributed by atoms with Crippen LogP contribution in [0, 0.1) is 11.7 Å². The number of benzene rings is 1. The summed E-state index contributed by atoms with van der Waals surface area (Å²) in [4.78, 5) is 23.1. The molecule has 1 saturated heterocycles. The van der Waals surface area contributed by atoms with Crippen molar-refractivity contribution in [2.75, 3.05) is 23.3 Å². The highest BCUT2D eigenvalue weighted by atomic mass is 19.1. The van der Waals surface area contributed by atoms with Crippen LogP contribution in [0.5, 0.6) is 0 Å². The van der Waals surface area contributed by atoms with Gasteiger partial charge >= 0.3 is 0 Å². The lowest BCUT2D eigenvalue weighted by molar-refractivity contribution is 0.102. The van der Waals surface area contributed by atoms with Crippen LogP contribution < -0.4 is 10.2 Å². The SMILES string of the molecule is CC1CCCN(c2nccc(C(=O)Nc3ccc(F)cc3)n2)C1. The van der Waals surface area contributed by atoms with Crippen LogP contribution in [-0.2, 0) is 0 Å². The second kappa shape index (κ2) is 6.73. The number of carbonyl (C=O) groups is 1. The molecule has 23 heavy (non-hydrogen) atoms. The normalized spacial score (nSPS) is 17.8. The van der Waals surface area contributed by atoms with Crippen molar-refractivity contribution in [1.29, 1.82) is 0 Å². The lowest BCUT2D eigenvalue weighted by atomic mass is 10.0. The minimum absolute atomic E-state index is 0.303. The Kier molecular flexibility index (Phi) is 4.50. The van der Waals surface area contributed by atoms with Crippen molar-refractivity contribution >= 4 is 17.5 Å². The van der Waals surface area contributed by atoms with E-state index in [0.29, 0.717) is 23.2 Å². The molecule has 1 aromatic carbocycles. The summed E-state index contributed by atoms with van der Waals surface area (Å²) in [5.41, 5.74) is 0.834. The van der Waals surface area contributed by atoms with Crippen LogP contribution in [0.4, 0.5) is 16.0 Å². The first-order valence-corrected chi connectivity index (χ1v) is 7.77. The number of nitrogens with zero attached hydrogens (tertiary/aromatic N) is 3. The van der Waals surface area contributed by atoms with Crippen LogP contribution in [0.1, 0.15) is 30.3 Å². The zero-order valence-corrected chi connectivity index (χ0v) is 13.0. The number of hydrogen-bond donors (Lipinski definition) is 1. The van der Waals surface area contributed by atoms with E-state index in [0.717, 1.165) is 19.5 Å². The molecule has 1 N–H and O–H groups in total. The van der Waals surface area contributed by atoms with Crippen LogP contribution >= 0.6 is 0 Å². The van der Waals surface area contributed by atoms with Gasteiger partial charge < -0.3 is 10.2 Å². The molecule has 1 unspecified atom stereocenters. The standard InChI is InChI=1S/C17H19FN4O/c1-12-3-2-10-22(11-12)17-19-9-8-15(21-17)16(23)20-14-6-4-13(18)5-7-14/h4-9,12H,2-3,10-11H2,1H3,(H,20,23). The fourth-order valence-electron chi connectivity index (χ4n) is 2.73. The molecular formula is C17H19FN4O. The van der Waals surface area contributed by atoms with Crippen LogP contribution in [0.3, 0.4) is 0 Å². The van der Waals surface area contributed by atoms with E-state index in [1.165, 1.54) is 30.7 Å². The maximum absolute atomic E-state index is 12.9. The van der Waals surface area contributed by atoms with Gasteiger partial charge in [-0.05, 0) is 49.1 Å². The second-order valence-electron chi connectivity index (χ2n) is 5.90. The topological polar surface area (TPSA) is 58.1 Å². The Bertz CT molecular complexity index is 689. The van der Waals surface area contributed by atoms with E-state index in [1.54, 1.807) is 12.3 Å². The van der Waals surface area contributed by atoms with E-state index in [9.17, 15) is 9.18 Å². The van der Waals surface area contributed by atoms with Crippen molar-refractivity contribution in [3.63, 3.8) is 0 Å². The number of piperidine rings is 1.